The molecule has 11 nitrogen and oxygen atoms in total. The Bertz CT molecular complexity index is 1450. The van der Waals surface area contributed by atoms with Gasteiger partial charge in [0.15, 0.2) is 0 Å². The van der Waals surface area contributed by atoms with Gasteiger partial charge in [-0.05, 0) is 79.3 Å². The summed E-state index contributed by atoms with van der Waals surface area (Å²) < 4.78 is 11.6. The number of carbonyl (C=O) groups excluding carboxylic acids is 5. The molecule has 4 aliphatic heterocycles. The van der Waals surface area contributed by atoms with E-state index in [4.69, 9.17) is 9.47 Å². The largest absolute Gasteiger partial charge is 0.379 e. The lowest BCUT2D eigenvalue weighted by molar-refractivity contribution is -0.137. The van der Waals surface area contributed by atoms with Crippen LogP contribution in [0.15, 0.2) is 48.7 Å². The van der Waals surface area contributed by atoms with Crippen LogP contribution in [-0.4, -0.2) is 77.8 Å². The van der Waals surface area contributed by atoms with Crippen molar-refractivity contribution < 1.29 is 33.4 Å². The molecular weight excluding hydrogens is 588 g/mol. The van der Waals surface area contributed by atoms with E-state index in [1.165, 1.54) is 0 Å². The lowest BCUT2D eigenvalue weighted by atomic mass is 10.00. The molecule has 0 aliphatic carbocycles. The highest BCUT2D eigenvalue weighted by atomic mass is 16.5. The molecule has 2 N–H and O–H groups in total. The van der Waals surface area contributed by atoms with Crippen LogP contribution < -0.4 is 10.6 Å². The minimum atomic E-state index is -0.616. The fourth-order valence-electron chi connectivity index (χ4n) is 6.90. The van der Waals surface area contributed by atoms with Gasteiger partial charge in [-0.25, -0.2) is 0 Å². The smallest absolute Gasteiger partial charge is 0.255 e. The number of imide groups is 1. The second-order valence-electron chi connectivity index (χ2n) is 12.3. The van der Waals surface area contributed by atoms with Crippen LogP contribution in [0.25, 0.3) is 0 Å². The molecule has 2 unspecified atom stereocenters. The number of piperidine rings is 2. The third kappa shape index (κ3) is 6.61. The molecule has 0 saturated carbocycles. The van der Waals surface area contributed by atoms with Crippen LogP contribution in [0.3, 0.4) is 0 Å². The van der Waals surface area contributed by atoms with Crippen molar-refractivity contribution in [3.63, 3.8) is 0 Å². The summed E-state index contributed by atoms with van der Waals surface area (Å²) in [6.45, 7) is 6.75. The zero-order chi connectivity index (χ0) is 32.2. The monoisotopic (exact) mass is 628 g/mol. The van der Waals surface area contributed by atoms with Gasteiger partial charge in [-0.3, -0.25) is 29.3 Å². The Balaban J connectivity index is 0.882. The number of aryl methyl sites for hydroxylation is 2. The van der Waals surface area contributed by atoms with Crippen LogP contribution in [0, 0.1) is 0 Å². The van der Waals surface area contributed by atoms with E-state index in [0.29, 0.717) is 75.6 Å². The molecule has 5 amide bonds. The summed E-state index contributed by atoms with van der Waals surface area (Å²) in [6.07, 6.45) is 4.98. The first-order valence-electron chi connectivity index (χ1n) is 16.1. The highest BCUT2D eigenvalue weighted by molar-refractivity contribution is 6.05. The molecule has 0 spiro atoms. The van der Waals surface area contributed by atoms with Gasteiger partial charge < -0.3 is 24.6 Å². The average Bonchev–Trinajstić information content (AvgIpc) is 3.55. The maximum absolute atomic E-state index is 13.1. The Morgan fingerprint density at radius 3 is 1.67 bits per heavy atom. The van der Waals surface area contributed by atoms with E-state index < -0.39 is 18.0 Å². The summed E-state index contributed by atoms with van der Waals surface area (Å²) >= 11 is 0. The predicted molar refractivity (Wildman–Crippen MR) is 167 cm³/mol. The van der Waals surface area contributed by atoms with E-state index in [1.54, 1.807) is 15.9 Å². The molecule has 0 bridgehead atoms. The van der Waals surface area contributed by atoms with E-state index >= 15 is 0 Å². The topological polar surface area (TPSA) is 134 Å². The maximum Gasteiger partial charge on any atom is 0.255 e. The number of nitrogens with one attached hydrogen (secondary N) is 2. The number of hydrogen-bond acceptors (Lipinski definition) is 7. The van der Waals surface area contributed by atoms with Gasteiger partial charge in [0, 0.05) is 49.5 Å². The van der Waals surface area contributed by atoms with Crippen LogP contribution in [-0.2, 0) is 49.8 Å². The van der Waals surface area contributed by atoms with Crippen molar-refractivity contribution in [2.24, 2.45) is 0 Å². The van der Waals surface area contributed by atoms with E-state index in [0.717, 1.165) is 47.9 Å². The molecule has 11 heteroatoms. The number of fused-ring (bicyclic) bond motifs is 2. The molecule has 4 aliphatic rings. The van der Waals surface area contributed by atoms with Crippen molar-refractivity contribution >= 4 is 29.5 Å². The number of carbonyl (C=O) groups is 5. The number of benzene rings is 2. The Hall–Kier alpha value is -4.35. The summed E-state index contributed by atoms with van der Waals surface area (Å²) in [5, 5.41) is 5.13. The summed E-state index contributed by atoms with van der Waals surface area (Å²) in [5.41, 5.74) is 6.16. The summed E-state index contributed by atoms with van der Waals surface area (Å²) in [7, 11) is 0. The summed E-state index contributed by atoms with van der Waals surface area (Å²) in [5.74, 6) is -1.10. The highest BCUT2D eigenvalue weighted by Crippen LogP contribution is 2.32. The van der Waals surface area contributed by atoms with E-state index in [1.807, 2.05) is 30.3 Å². The third-order valence-corrected chi connectivity index (χ3v) is 9.31. The maximum atomic E-state index is 13.1. The quantitative estimate of drug-likeness (QED) is 0.257. The van der Waals surface area contributed by atoms with Crippen molar-refractivity contribution in [3.8, 4) is 0 Å². The van der Waals surface area contributed by atoms with Crippen molar-refractivity contribution in [3.05, 3.63) is 82.1 Å². The van der Waals surface area contributed by atoms with E-state index in [-0.39, 0.29) is 30.0 Å². The molecule has 0 aromatic heterocycles. The lowest BCUT2D eigenvalue weighted by Gasteiger charge is -2.31. The number of ether oxygens (including phenoxy) is 2. The lowest BCUT2D eigenvalue weighted by Crippen LogP contribution is -2.52. The normalized spacial score (nSPS) is 21.0. The minimum Gasteiger partial charge on any atom is -0.379 e. The number of amides is 5. The number of hydrogen-bond donors (Lipinski definition) is 2. The summed E-state index contributed by atoms with van der Waals surface area (Å²) in [4.78, 5) is 65.7. The van der Waals surface area contributed by atoms with Crippen molar-refractivity contribution in [1.29, 1.82) is 0 Å². The molecular formula is C35H40N4O7. The van der Waals surface area contributed by atoms with E-state index in [9.17, 15) is 24.0 Å². The fraction of sp³-hybridized carbons (Fsp3) is 0.457. The molecule has 46 heavy (non-hydrogen) atoms. The molecule has 2 fully saturated rings. The Labute approximate surface area is 268 Å². The van der Waals surface area contributed by atoms with Gasteiger partial charge >= 0.3 is 0 Å². The Morgan fingerprint density at radius 2 is 1.17 bits per heavy atom. The van der Waals surface area contributed by atoms with E-state index in [2.05, 4.69) is 17.2 Å². The molecule has 6 rings (SSSR count). The second kappa shape index (κ2) is 14.0. The molecule has 2 atom stereocenters. The molecule has 2 saturated heterocycles. The van der Waals surface area contributed by atoms with Gasteiger partial charge in [-0.15, -0.1) is 0 Å². The molecule has 2 aromatic rings. The SMILES string of the molecule is C=C1CCC(N2Cc3c(CCCOCCOCCCc4cccc5c4CN(C4CCC(=O)NC4=O)C5=O)cccc3C2=O)C(=O)N1. The van der Waals surface area contributed by atoms with Gasteiger partial charge in [-0.2, -0.15) is 0 Å². The van der Waals surface area contributed by atoms with Crippen LogP contribution in [0.4, 0.5) is 0 Å². The van der Waals surface area contributed by atoms with Gasteiger partial charge in [0.1, 0.15) is 12.1 Å². The first-order chi connectivity index (χ1) is 22.3. The zero-order valence-corrected chi connectivity index (χ0v) is 26.0. The van der Waals surface area contributed by atoms with Gasteiger partial charge in [-0.1, -0.05) is 30.8 Å². The molecule has 242 valence electrons. The number of nitrogens with zero attached hydrogens (tertiary/aromatic N) is 2. The number of allylic oxidation sites excluding steroid dienone is 1. The predicted octanol–water partition coefficient (Wildman–Crippen LogP) is 2.79. The average molecular weight is 629 g/mol. The van der Waals surface area contributed by atoms with Crippen molar-refractivity contribution in [2.45, 2.75) is 76.5 Å². The second-order valence-corrected chi connectivity index (χ2v) is 12.3. The fourth-order valence-corrected chi connectivity index (χ4v) is 6.90. The molecule has 4 heterocycles. The van der Waals surface area contributed by atoms with Gasteiger partial charge in [0.05, 0.1) is 13.2 Å². The van der Waals surface area contributed by atoms with Gasteiger partial charge in [0.2, 0.25) is 17.7 Å². The van der Waals surface area contributed by atoms with Gasteiger partial charge in [0.25, 0.3) is 11.8 Å². The van der Waals surface area contributed by atoms with Crippen LogP contribution in [0.5, 0.6) is 0 Å². The zero-order valence-electron chi connectivity index (χ0n) is 26.0. The van der Waals surface area contributed by atoms with Crippen LogP contribution >= 0.6 is 0 Å². The summed E-state index contributed by atoms with van der Waals surface area (Å²) in [6, 6.07) is 10.4. The standard InChI is InChI=1S/C35H40N4O7/c1-22-12-13-29(32(41)36-22)38-20-27-23(6-2-10-25(27)34(38)43)8-4-16-45-18-19-46-17-5-9-24-7-3-11-26-28(24)21-39(35(26)44)30-14-15-31(40)37-33(30)42/h2-3,6-7,10-11,29-30H,1,4-5,8-9,12-21H2,(H,36,41)(H,37,40,42). The van der Waals surface area contributed by atoms with Crippen LogP contribution in [0.2, 0.25) is 0 Å². The minimum absolute atomic E-state index is 0.0859. The Kier molecular flexibility index (Phi) is 9.60. The third-order valence-electron chi connectivity index (χ3n) is 9.31. The molecule has 0 radical (unpaired) electrons. The molecule has 2 aromatic carbocycles. The van der Waals surface area contributed by atoms with Crippen molar-refractivity contribution in [2.75, 3.05) is 26.4 Å². The van der Waals surface area contributed by atoms with Crippen LogP contribution in [0.1, 0.15) is 81.5 Å². The first-order valence-corrected chi connectivity index (χ1v) is 16.1. The highest BCUT2D eigenvalue weighted by Gasteiger charge is 2.40. The van der Waals surface area contributed by atoms with Crippen molar-refractivity contribution in [1.82, 2.24) is 20.4 Å². The number of rotatable bonds is 13. The Morgan fingerprint density at radius 1 is 0.674 bits per heavy atom. The first kappa shape index (κ1) is 31.6.